The highest BCUT2D eigenvalue weighted by atomic mass is 79.9. The first-order valence-corrected chi connectivity index (χ1v) is 8.01. The van der Waals surface area contributed by atoms with Crippen molar-refractivity contribution in [1.82, 2.24) is 0 Å². The number of amides is 1. The molecule has 2 aromatic rings. The van der Waals surface area contributed by atoms with E-state index in [1.165, 1.54) is 29.5 Å². The highest BCUT2D eigenvalue weighted by Gasteiger charge is 2.13. The van der Waals surface area contributed by atoms with Crippen LogP contribution in [-0.2, 0) is 0 Å². The number of nitro groups is 1. The van der Waals surface area contributed by atoms with E-state index < -0.39 is 4.92 Å². The van der Waals surface area contributed by atoms with Crippen LogP contribution >= 0.6 is 38.9 Å². The largest absolute Gasteiger partial charge is 0.321 e. The Labute approximate surface area is 139 Å². The van der Waals surface area contributed by atoms with Crippen LogP contribution in [0.1, 0.15) is 23.5 Å². The molecule has 0 radical (unpaired) electrons. The van der Waals surface area contributed by atoms with E-state index in [4.69, 9.17) is 11.6 Å². The summed E-state index contributed by atoms with van der Waals surface area (Å²) in [6.07, 6.45) is 0. The quantitative estimate of drug-likeness (QED) is 0.566. The van der Waals surface area contributed by atoms with E-state index in [0.29, 0.717) is 4.88 Å². The fraction of sp³-hybridized carbons (Fsp3) is 0.154. The lowest BCUT2D eigenvalue weighted by atomic mass is 10.2. The zero-order valence-corrected chi connectivity index (χ0v) is 14.4. The van der Waals surface area contributed by atoms with E-state index in [0.717, 1.165) is 4.47 Å². The summed E-state index contributed by atoms with van der Waals surface area (Å²) in [4.78, 5) is 22.5. The second-order valence-electron chi connectivity index (χ2n) is 3.54. The van der Waals surface area contributed by atoms with Crippen molar-refractivity contribution in [1.29, 1.82) is 0 Å². The molecule has 1 N–H and O–H groups in total. The molecule has 0 aliphatic carbocycles. The first-order valence-electron chi connectivity index (χ1n) is 5.96. The van der Waals surface area contributed by atoms with Gasteiger partial charge in [-0.3, -0.25) is 14.9 Å². The molecule has 0 spiro atoms. The molecule has 112 valence electrons. The summed E-state index contributed by atoms with van der Waals surface area (Å²) < 4.78 is 0.805. The van der Waals surface area contributed by atoms with Crippen LogP contribution < -0.4 is 5.32 Å². The summed E-state index contributed by atoms with van der Waals surface area (Å²) in [6, 6.07) is 5.60. The molecule has 1 aromatic carbocycles. The van der Waals surface area contributed by atoms with Gasteiger partial charge in [-0.1, -0.05) is 25.4 Å². The van der Waals surface area contributed by atoms with Crippen molar-refractivity contribution in [2.24, 2.45) is 0 Å². The summed E-state index contributed by atoms with van der Waals surface area (Å²) in [5.41, 5.74) is 0.115. The molecule has 0 fully saturated rings. The average molecular weight is 392 g/mol. The third kappa shape index (κ3) is 5.11. The van der Waals surface area contributed by atoms with Gasteiger partial charge in [-0.2, -0.15) is 0 Å². The summed E-state index contributed by atoms with van der Waals surface area (Å²) >= 11 is 10.3. The van der Waals surface area contributed by atoms with Gasteiger partial charge < -0.3 is 5.32 Å². The number of nitrogens with zero attached hydrogens (tertiary/aromatic N) is 1. The van der Waals surface area contributed by atoms with E-state index in [1.54, 1.807) is 11.4 Å². The van der Waals surface area contributed by atoms with Crippen molar-refractivity contribution in [2.45, 2.75) is 13.8 Å². The summed E-state index contributed by atoms with van der Waals surface area (Å²) in [5, 5.41) is 15.2. The molecule has 0 saturated heterocycles. The van der Waals surface area contributed by atoms with Crippen LogP contribution in [0.5, 0.6) is 0 Å². The van der Waals surface area contributed by atoms with Crippen molar-refractivity contribution in [3.8, 4) is 0 Å². The average Bonchev–Trinajstić information content (AvgIpc) is 2.87. The minimum absolute atomic E-state index is 0.171. The second-order valence-corrected chi connectivity index (χ2v) is 5.80. The Bertz CT molecular complexity index is 661. The number of nitrogens with one attached hydrogen (secondary N) is 1. The number of carbonyl (C=O) groups is 1. The van der Waals surface area contributed by atoms with Gasteiger partial charge in [0.15, 0.2) is 0 Å². The fourth-order valence-corrected chi connectivity index (χ4v) is 2.93. The van der Waals surface area contributed by atoms with Gasteiger partial charge in [0.2, 0.25) is 0 Å². The number of carbonyl (C=O) groups excluding carboxylic acids is 1. The number of nitro benzene ring substituents is 1. The Hall–Kier alpha value is -1.44. The molecule has 2 rings (SSSR count). The number of hydrogen-bond acceptors (Lipinski definition) is 4. The SMILES string of the molecule is CC.O=C(Nc1cc(Cl)cc([N+](=O)[O-])c1)c1cc(Br)cs1. The van der Waals surface area contributed by atoms with E-state index in [1.807, 2.05) is 13.8 Å². The molecule has 1 heterocycles. The van der Waals surface area contributed by atoms with Gasteiger partial charge in [0.25, 0.3) is 11.6 Å². The minimum atomic E-state index is -0.566. The van der Waals surface area contributed by atoms with Crippen LogP contribution in [0.2, 0.25) is 5.02 Å². The van der Waals surface area contributed by atoms with Gasteiger partial charge in [0, 0.05) is 32.7 Å². The van der Waals surface area contributed by atoms with Gasteiger partial charge >= 0.3 is 0 Å². The smallest absolute Gasteiger partial charge is 0.272 e. The number of anilines is 1. The Kier molecular flexibility index (Phi) is 6.80. The van der Waals surface area contributed by atoms with E-state index >= 15 is 0 Å². The lowest BCUT2D eigenvalue weighted by molar-refractivity contribution is -0.384. The van der Waals surface area contributed by atoms with Gasteiger partial charge in [-0.25, -0.2) is 0 Å². The number of thiophene rings is 1. The maximum Gasteiger partial charge on any atom is 0.272 e. The third-order valence-corrected chi connectivity index (χ3v) is 4.05. The molecule has 0 bridgehead atoms. The molecule has 1 amide bonds. The standard InChI is InChI=1S/C11H6BrClN2O3S.C2H6/c12-6-1-10(19-5-6)11(16)14-8-2-7(13)3-9(4-8)15(17)18;1-2/h1-5H,(H,14,16);1-2H3. The van der Waals surface area contributed by atoms with Crippen LogP contribution in [0.3, 0.4) is 0 Å². The van der Waals surface area contributed by atoms with E-state index in [-0.39, 0.29) is 22.3 Å². The first-order chi connectivity index (χ1) is 9.95. The molecule has 0 aliphatic heterocycles. The van der Waals surface area contributed by atoms with Crippen LogP contribution in [0.15, 0.2) is 34.1 Å². The van der Waals surface area contributed by atoms with E-state index in [2.05, 4.69) is 21.2 Å². The van der Waals surface area contributed by atoms with Gasteiger partial charge in [0.05, 0.1) is 9.80 Å². The second kappa shape index (κ2) is 8.11. The lowest BCUT2D eigenvalue weighted by Gasteiger charge is -2.04. The third-order valence-electron chi connectivity index (χ3n) is 2.14. The number of hydrogen-bond donors (Lipinski definition) is 1. The number of rotatable bonds is 3. The molecule has 8 heteroatoms. The molecule has 1 aromatic heterocycles. The first kappa shape index (κ1) is 17.6. The van der Waals surface area contributed by atoms with E-state index in [9.17, 15) is 14.9 Å². The Balaban J connectivity index is 0.00000106. The monoisotopic (exact) mass is 390 g/mol. The molecule has 21 heavy (non-hydrogen) atoms. The van der Waals surface area contributed by atoms with Crippen LogP contribution in [0.4, 0.5) is 11.4 Å². The fourth-order valence-electron chi connectivity index (χ4n) is 1.38. The van der Waals surface area contributed by atoms with Gasteiger partial charge in [0.1, 0.15) is 0 Å². The van der Waals surface area contributed by atoms with Crippen LogP contribution in [0, 0.1) is 10.1 Å². The lowest BCUT2D eigenvalue weighted by Crippen LogP contribution is -2.10. The predicted octanol–water partition coefficient (Wildman–Crippen LogP) is 5.35. The highest BCUT2D eigenvalue weighted by Crippen LogP contribution is 2.26. The molecular weight excluding hydrogens is 380 g/mol. The topological polar surface area (TPSA) is 72.2 Å². The highest BCUT2D eigenvalue weighted by molar-refractivity contribution is 9.10. The Morgan fingerprint density at radius 1 is 1.33 bits per heavy atom. The number of halogens is 2. The Morgan fingerprint density at radius 3 is 2.52 bits per heavy atom. The summed E-state index contributed by atoms with van der Waals surface area (Å²) in [6.45, 7) is 4.00. The Morgan fingerprint density at radius 2 is 2.00 bits per heavy atom. The van der Waals surface area contributed by atoms with Crippen molar-refractivity contribution in [3.05, 3.63) is 54.1 Å². The van der Waals surface area contributed by atoms with Crippen LogP contribution in [-0.4, -0.2) is 10.8 Å². The molecular formula is C13H12BrClN2O3S. The van der Waals surface area contributed by atoms with Gasteiger partial charge in [-0.15, -0.1) is 11.3 Å². The molecule has 0 atom stereocenters. The predicted molar refractivity (Wildman–Crippen MR) is 89.4 cm³/mol. The number of benzene rings is 1. The van der Waals surface area contributed by atoms with Crippen molar-refractivity contribution in [2.75, 3.05) is 5.32 Å². The molecule has 5 nitrogen and oxygen atoms in total. The summed E-state index contributed by atoms with van der Waals surface area (Å²) in [5.74, 6) is -0.340. The van der Waals surface area contributed by atoms with Crippen LogP contribution in [0.25, 0.3) is 0 Å². The normalized spacial score (nSPS) is 9.52. The summed E-state index contributed by atoms with van der Waals surface area (Å²) in [7, 11) is 0. The van der Waals surface area contributed by atoms with Crippen molar-refractivity contribution in [3.63, 3.8) is 0 Å². The van der Waals surface area contributed by atoms with Crippen molar-refractivity contribution < 1.29 is 9.72 Å². The maximum atomic E-state index is 11.9. The molecule has 0 aliphatic rings. The zero-order chi connectivity index (χ0) is 16.0. The van der Waals surface area contributed by atoms with Gasteiger partial charge in [-0.05, 0) is 28.1 Å². The molecule has 0 saturated carbocycles. The zero-order valence-electron chi connectivity index (χ0n) is 11.2. The molecule has 0 unspecified atom stereocenters. The number of non-ortho nitro benzene ring substituents is 1. The maximum absolute atomic E-state index is 11.9. The minimum Gasteiger partial charge on any atom is -0.321 e. The van der Waals surface area contributed by atoms with Crippen molar-refractivity contribution >= 4 is 56.1 Å².